The molecule has 2 aromatic carbocycles. The third-order valence-corrected chi connectivity index (χ3v) is 4.75. The van der Waals surface area contributed by atoms with E-state index in [1.165, 1.54) is 19.1 Å². The van der Waals surface area contributed by atoms with Gasteiger partial charge < -0.3 is 0 Å². The number of hydrazine groups is 1. The van der Waals surface area contributed by atoms with Gasteiger partial charge in [-0.2, -0.15) is 13.2 Å². The SMILES string of the molecule is CCC(=O)N(NC(=O)c1cccc(F)c1)C1CC(=O)N(c2cccc(C(F)(F)F)c2)C1=O. The number of rotatable bonds is 4. The number of hydrogen-bond donors (Lipinski definition) is 1. The summed E-state index contributed by atoms with van der Waals surface area (Å²) in [5, 5.41) is 0.668. The van der Waals surface area contributed by atoms with E-state index in [1.807, 2.05) is 0 Å². The van der Waals surface area contributed by atoms with E-state index in [-0.39, 0.29) is 17.7 Å². The van der Waals surface area contributed by atoms with E-state index in [9.17, 15) is 36.7 Å². The Bertz CT molecular complexity index is 1090. The molecular weight excluding hydrogens is 434 g/mol. The van der Waals surface area contributed by atoms with Crippen molar-refractivity contribution in [1.29, 1.82) is 0 Å². The second-order valence-corrected chi connectivity index (χ2v) is 6.90. The fraction of sp³-hybridized carbons (Fsp3) is 0.238. The first-order valence-corrected chi connectivity index (χ1v) is 9.45. The van der Waals surface area contributed by atoms with Crippen molar-refractivity contribution in [2.45, 2.75) is 32.0 Å². The minimum atomic E-state index is -4.69. The highest BCUT2D eigenvalue weighted by molar-refractivity contribution is 6.23. The molecule has 32 heavy (non-hydrogen) atoms. The van der Waals surface area contributed by atoms with Crippen LogP contribution in [0.4, 0.5) is 23.2 Å². The Morgan fingerprint density at radius 1 is 1.12 bits per heavy atom. The average molecular weight is 451 g/mol. The van der Waals surface area contributed by atoms with Crippen molar-refractivity contribution in [2.75, 3.05) is 4.90 Å². The van der Waals surface area contributed by atoms with Gasteiger partial charge in [0.1, 0.15) is 11.9 Å². The van der Waals surface area contributed by atoms with Gasteiger partial charge in [0.2, 0.25) is 11.8 Å². The highest BCUT2D eigenvalue weighted by Gasteiger charge is 2.45. The van der Waals surface area contributed by atoms with E-state index in [4.69, 9.17) is 0 Å². The van der Waals surface area contributed by atoms with Crippen LogP contribution in [0.3, 0.4) is 0 Å². The van der Waals surface area contributed by atoms with E-state index < -0.39 is 53.6 Å². The number of halogens is 4. The van der Waals surface area contributed by atoms with Gasteiger partial charge >= 0.3 is 6.18 Å². The number of benzene rings is 2. The maximum absolute atomic E-state index is 13.4. The number of hydrogen-bond acceptors (Lipinski definition) is 4. The molecule has 0 spiro atoms. The Morgan fingerprint density at radius 3 is 2.44 bits per heavy atom. The molecule has 7 nitrogen and oxygen atoms in total. The number of nitrogens with one attached hydrogen (secondary N) is 1. The molecule has 1 saturated heterocycles. The van der Waals surface area contributed by atoms with Crippen molar-refractivity contribution >= 4 is 29.3 Å². The molecule has 1 aliphatic heterocycles. The minimum Gasteiger partial charge on any atom is -0.274 e. The Balaban J connectivity index is 1.89. The Morgan fingerprint density at radius 2 is 1.81 bits per heavy atom. The van der Waals surface area contributed by atoms with E-state index in [0.717, 1.165) is 30.3 Å². The summed E-state index contributed by atoms with van der Waals surface area (Å²) < 4.78 is 52.5. The summed E-state index contributed by atoms with van der Waals surface area (Å²) in [7, 11) is 0. The summed E-state index contributed by atoms with van der Waals surface area (Å²) in [6, 6.07) is 6.75. The number of amides is 4. The molecule has 1 unspecified atom stereocenters. The largest absolute Gasteiger partial charge is 0.416 e. The highest BCUT2D eigenvalue weighted by atomic mass is 19.4. The maximum atomic E-state index is 13.4. The van der Waals surface area contributed by atoms with Gasteiger partial charge in [-0.15, -0.1) is 0 Å². The van der Waals surface area contributed by atoms with Crippen LogP contribution in [-0.4, -0.2) is 34.7 Å². The van der Waals surface area contributed by atoms with Crippen molar-refractivity contribution in [2.24, 2.45) is 0 Å². The first-order valence-electron chi connectivity index (χ1n) is 9.45. The summed E-state index contributed by atoms with van der Waals surface area (Å²) >= 11 is 0. The van der Waals surface area contributed by atoms with Crippen molar-refractivity contribution in [1.82, 2.24) is 10.4 Å². The van der Waals surface area contributed by atoms with Crippen LogP contribution in [0, 0.1) is 5.82 Å². The summed E-state index contributed by atoms with van der Waals surface area (Å²) in [5.41, 5.74) is 0.713. The third-order valence-electron chi connectivity index (χ3n) is 4.75. The van der Waals surface area contributed by atoms with Crippen molar-refractivity contribution in [3.8, 4) is 0 Å². The van der Waals surface area contributed by atoms with E-state index in [2.05, 4.69) is 5.43 Å². The molecule has 1 aliphatic rings. The standard InChI is InChI=1S/C21H17F4N3O4/c1-2-17(29)28(26-19(31)12-5-3-7-14(22)9-12)16-11-18(30)27(20(16)32)15-8-4-6-13(10-15)21(23,24)25/h3-10,16H,2,11H2,1H3,(H,26,31). The predicted molar refractivity (Wildman–Crippen MR) is 103 cm³/mol. The van der Waals surface area contributed by atoms with Gasteiger partial charge in [0.05, 0.1) is 17.7 Å². The maximum Gasteiger partial charge on any atom is 0.416 e. The number of nitrogens with zero attached hydrogens (tertiary/aromatic N) is 2. The molecule has 2 aromatic rings. The molecule has 11 heteroatoms. The first-order chi connectivity index (χ1) is 15.0. The molecular formula is C21H17F4N3O4. The first kappa shape index (κ1) is 22.9. The van der Waals surface area contributed by atoms with Gasteiger partial charge in [-0.1, -0.05) is 19.1 Å². The van der Waals surface area contributed by atoms with Gasteiger partial charge in [-0.25, -0.2) is 14.3 Å². The van der Waals surface area contributed by atoms with Crippen LogP contribution >= 0.6 is 0 Å². The van der Waals surface area contributed by atoms with Crippen LogP contribution in [0.2, 0.25) is 0 Å². The molecule has 1 fully saturated rings. The molecule has 4 amide bonds. The Labute approximate surface area is 179 Å². The molecule has 1 heterocycles. The number of carbonyl (C=O) groups excluding carboxylic acids is 4. The van der Waals surface area contributed by atoms with Crippen LogP contribution in [0.5, 0.6) is 0 Å². The van der Waals surface area contributed by atoms with Gasteiger partial charge in [0, 0.05) is 12.0 Å². The van der Waals surface area contributed by atoms with Gasteiger partial charge in [0.25, 0.3) is 11.8 Å². The summed E-state index contributed by atoms with van der Waals surface area (Å²) in [5.74, 6) is -4.13. The molecule has 168 valence electrons. The van der Waals surface area contributed by atoms with Crippen LogP contribution in [0.1, 0.15) is 35.7 Å². The van der Waals surface area contributed by atoms with Crippen molar-refractivity contribution in [3.63, 3.8) is 0 Å². The monoisotopic (exact) mass is 451 g/mol. The van der Waals surface area contributed by atoms with Crippen molar-refractivity contribution < 1.29 is 36.7 Å². The number of imide groups is 1. The van der Waals surface area contributed by atoms with Crippen LogP contribution in [-0.2, 0) is 20.6 Å². The topological polar surface area (TPSA) is 86.8 Å². The summed E-state index contributed by atoms with van der Waals surface area (Å²) in [4.78, 5) is 50.9. The molecule has 0 saturated carbocycles. The Hall–Kier alpha value is -3.76. The summed E-state index contributed by atoms with van der Waals surface area (Å²) in [6.45, 7) is 1.45. The highest BCUT2D eigenvalue weighted by Crippen LogP contribution is 2.33. The fourth-order valence-electron chi connectivity index (χ4n) is 3.20. The van der Waals surface area contributed by atoms with E-state index in [1.54, 1.807) is 0 Å². The van der Waals surface area contributed by atoms with Crippen LogP contribution < -0.4 is 10.3 Å². The lowest BCUT2D eigenvalue weighted by molar-refractivity contribution is -0.140. The molecule has 0 radical (unpaired) electrons. The number of carbonyl (C=O) groups is 4. The molecule has 3 rings (SSSR count). The van der Waals surface area contributed by atoms with Gasteiger partial charge in [0.15, 0.2) is 0 Å². The molecule has 0 aliphatic carbocycles. The number of anilines is 1. The van der Waals surface area contributed by atoms with Gasteiger partial charge in [-0.05, 0) is 36.4 Å². The lowest BCUT2D eigenvalue weighted by Crippen LogP contribution is -2.54. The van der Waals surface area contributed by atoms with Crippen molar-refractivity contribution in [3.05, 3.63) is 65.5 Å². The molecule has 1 atom stereocenters. The summed E-state index contributed by atoms with van der Waals surface area (Å²) in [6.07, 6.45) is -5.39. The molecule has 0 aromatic heterocycles. The van der Waals surface area contributed by atoms with Gasteiger partial charge in [-0.3, -0.25) is 24.6 Å². The predicted octanol–water partition coefficient (Wildman–Crippen LogP) is 3.06. The zero-order chi connectivity index (χ0) is 23.6. The lowest BCUT2D eigenvalue weighted by Gasteiger charge is -2.27. The lowest BCUT2D eigenvalue weighted by atomic mass is 10.2. The van der Waals surface area contributed by atoms with E-state index in [0.29, 0.717) is 16.0 Å². The minimum absolute atomic E-state index is 0.134. The second kappa shape index (κ2) is 8.77. The van der Waals surface area contributed by atoms with Crippen LogP contribution in [0.15, 0.2) is 48.5 Å². The molecule has 0 bridgehead atoms. The van der Waals surface area contributed by atoms with E-state index >= 15 is 0 Å². The zero-order valence-electron chi connectivity index (χ0n) is 16.6. The quantitative estimate of drug-likeness (QED) is 0.440. The number of alkyl halides is 3. The zero-order valence-corrected chi connectivity index (χ0v) is 16.6. The third kappa shape index (κ3) is 4.61. The smallest absolute Gasteiger partial charge is 0.274 e. The van der Waals surface area contributed by atoms with Crippen LogP contribution in [0.25, 0.3) is 0 Å². The Kier molecular flexibility index (Phi) is 6.28. The molecule has 1 N–H and O–H groups in total. The second-order valence-electron chi connectivity index (χ2n) is 6.90. The average Bonchev–Trinajstić information content (AvgIpc) is 3.04. The fourth-order valence-corrected chi connectivity index (χ4v) is 3.20. The normalized spacial score (nSPS) is 16.3.